The summed E-state index contributed by atoms with van der Waals surface area (Å²) in [5.74, 6) is -0.366. The first kappa shape index (κ1) is 12.3. The largest absolute Gasteiger partial charge is 0.328 e. The van der Waals surface area contributed by atoms with Gasteiger partial charge in [-0.1, -0.05) is 12.1 Å². The Balaban J connectivity index is 2.15. The van der Waals surface area contributed by atoms with Crippen molar-refractivity contribution in [3.63, 3.8) is 0 Å². The van der Waals surface area contributed by atoms with Crippen molar-refractivity contribution in [1.29, 1.82) is 0 Å². The number of nitrogens with one attached hydrogen (secondary N) is 3. The maximum atomic E-state index is 11.4. The lowest BCUT2D eigenvalue weighted by molar-refractivity contribution is -0.115. The molecule has 0 unspecified atom stereocenters. The molecule has 1 saturated heterocycles. The van der Waals surface area contributed by atoms with Crippen LogP contribution in [0, 0.1) is 0 Å². The van der Waals surface area contributed by atoms with E-state index in [4.69, 9.17) is 12.2 Å². The van der Waals surface area contributed by atoms with E-state index >= 15 is 0 Å². The third kappa shape index (κ3) is 2.92. The fourth-order valence-electron chi connectivity index (χ4n) is 1.52. The summed E-state index contributed by atoms with van der Waals surface area (Å²) in [6.07, 6.45) is 1.69. The molecule has 0 aliphatic carbocycles. The van der Waals surface area contributed by atoms with Crippen LogP contribution >= 0.6 is 12.2 Å². The van der Waals surface area contributed by atoms with E-state index in [9.17, 15) is 9.59 Å². The molecule has 1 aromatic rings. The molecular formula is C12H11N3O2S. The van der Waals surface area contributed by atoms with Gasteiger partial charge in [0, 0.05) is 12.6 Å². The molecule has 2 rings (SSSR count). The molecule has 0 saturated carbocycles. The van der Waals surface area contributed by atoms with Crippen LogP contribution in [0.4, 0.5) is 5.69 Å². The van der Waals surface area contributed by atoms with Gasteiger partial charge >= 0.3 is 0 Å². The van der Waals surface area contributed by atoms with Crippen LogP contribution in [0.25, 0.3) is 6.08 Å². The Hall–Kier alpha value is -2.21. The van der Waals surface area contributed by atoms with E-state index in [1.165, 1.54) is 6.92 Å². The maximum absolute atomic E-state index is 11.4. The molecule has 18 heavy (non-hydrogen) atoms. The van der Waals surface area contributed by atoms with Crippen molar-refractivity contribution in [2.75, 3.05) is 5.32 Å². The standard InChI is InChI=1S/C12H11N3O2S/c1-7(16)13-9-4-2-8(3-5-9)6-10-11(17)15-12(18)14-10/h2-6H,1H3,(H,13,16)(H2,14,15,17,18)/b10-6+. The van der Waals surface area contributed by atoms with Gasteiger partial charge < -0.3 is 10.6 Å². The number of hydrogen-bond donors (Lipinski definition) is 3. The molecule has 0 aromatic heterocycles. The average molecular weight is 261 g/mol. The Labute approximate surface area is 109 Å². The van der Waals surface area contributed by atoms with Gasteiger partial charge in [-0.25, -0.2) is 0 Å². The molecular weight excluding hydrogens is 250 g/mol. The number of rotatable bonds is 2. The highest BCUT2D eigenvalue weighted by Gasteiger charge is 2.19. The van der Waals surface area contributed by atoms with Crippen molar-refractivity contribution in [3.05, 3.63) is 35.5 Å². The summed E-state index contributed by atoms with van der Waals surface area (Å²) in [7, 11) is 0. The van der Waals surface area contributed by atoms with Crippen molar-refractivity contribution in [2.45, 2.75) is 6.92 Å². The predicted octanol–water partition coefficient (Wildman–Crippen LogP) is 0.990. The molecule has 1 aliphatic heterocycles. The van der Waals surface area contributed by atoms with Gasteiger partial charge in [-0.05, 0) is 36.0 Å². The van der Waals surface area contributed by atoms with Crippen LogP contribution in [0.2, 0.25) is 0 Å². The zero-order valence-electron chi connectivity index (χ0n) is 9.61. The minimum absolute atomic E-state index is 0.122. The Kier molecular flexibility index (Phi) is 3.38. The Bertz CT molecular complexity index is 549. The number of thiocarbonyl (C=S) groups is 1. The van der Waals surface area contributed by atoms with Crippen molar-refractivity contribution >= 4 is 40.9 Å². The first-order valence-electron chi connectivity index (χ1n) is 5.26. The van der Waals surface area contributed by atoms with Crippen LogP contribution in [0.1, 0.15) is 12.5 Å². The minimum atomic E-state index is -0.245. The van der Waals surface area contributed by atoms with Crippen molar-refractivity contribution in [2.24, 2.45) is 0 Å². The molecule has 1 heterocycles. The second-order valence-corrected chi connectivity index (χ2v) is 4.18. The highest BCUT2D eigenvalue weighted by molar-refractivity contribution is 7.80. The van der Waals surface area contributed by atoms with Crippen LogP contribution in [0.15, 0.2) is 30.0 Å². The first-order chi connectivity index (χ1) is 8.54. The van der Waals surface area contributed by atoms with Crippen LogP contribution in [-0.2, 0) is 9.59 Å². The van der Waals surface area contributed by atoms with Crippen LogP contribution in [0.5, 0.6) is 0 Å². The van der Waals surface area contributed by atoms with E-state index in [1.807, 2.05) is 0 Å². The van der Waals surface area contributed by atoms with Crippen molar-refractivity contribution in [3.8, 4) is 0 Å². The highest BCUT2D eigenvalue weighted by atomic mass is 32.1. The fraction of sp³-hybridized carbons (Fsp3) is 0.0833. The molecule has 0 atom stereocenters. The summed E-state index contributed by atoms with van der Waals surface area (Å²) in [6, 6.07) is 7.13. The van der Waals surface area contributed by atoms with Gasteiger partial charge in [0.1, 0.15) is 5.70 Å². The highest BCUT2D eigenvalue weighted by Crippen LogP contribution is 2.13. The van der Waals surface area contributed by atoms with Gasteiger partial charge in [0.05, 0.1) is 0 Å². The first-order valence-corrected chi connectivity index (χ1v) is 5.67. The molecule has 1 fully saturated rings. The topological polar surface area (TPSA) is 70.2 Å². The molecule has 5 nitrogen and oxygen atoms in total. The summed E-state index contributed by atoms with van der Waals surface area (Å²) >= 11 is 4.83. The smallest absolute Gasteiger partial charge is 0.273 e. The zero-order chi connectivity index (χ0) is 13.1. The van der Waals surface area contributed by atoms with Crippen LogP contribution in [-0.4, -0.2) is 16.9 Å². The molecule has 0 spiro atoms. The van der Waals surface area contributed by atoms with E-state index in [1.54, 1.807) is 30.3 Å². The average Bonchev–Trinajstić information content (AvgIpc) is 2.59. The Morgan fingerprint density at radius 2 is 1.94 bits per heavy atom. The van der Waals surface area contributed by atoms with Gasteiger partial charge in [0.15, 0.2) is 5.11 Å². The van der Waals surface area contributed by atoms with Gasteiger partial charge in [-0.3, -0.25) is 14.9 Å². The Morgan fingerprint density at radius 3 is 2.44 bits per heavy atom. The summed E-state index contributed by atoms with van der Waals surface area (Å²) in [4.78, 5) is 22.3. The maximum Gasteiger partial charge on any atom is 0.273 e. The monoisotopic (exact) mass is 261 g/mol. The lowest BCUT2D eigenvalue weighted by atomic mass is 10.1. The second-order valence-electron chi connectivity index (χ2n) is 3.77. The predicted molar refractivity (Wildman–Crippen MR) is 72.6 cm³/mol. The summed E-state index contributed by atoms with van der Waals surface area (Å²) in [6.45, 7) is 1.45. The van der Waals surface area contributed by atoms with Gasteiger partial charge in [0.25, 0.3) is 5.91 Å². The Morgan fingerprint density at radius 1 is 1.28 bits per heavy atom. The van der Waals surface area contributed by atoms with Crippen molar-refractivity contribution in [1.82, 2.24) is 10.6 Å². The molecule has 1 aromatic carbocycles. The van der Waals surface area contributed by atoms with E-state index < -0.39 is 0 Å². The molecule has 92 valence electrons. The number of carbonyl (C=O) groups is 2. The lowest BCUT2D eigenvalue weighted by Crippen LogP contribution is -2.21. The second kappa shape index (κ2) is 4.97. The molecule has 0 radical (unpaired) electrons. The van der Waals surface area contributed by atoms with Crippen LogP contribution in [0.3, 0.4) is 0 Å². The SMILES string of the molecule is CC(=O)Nc1ccc(/C=C2/NC(=S)NC2=O)cc1. The zero-order valence-corrected chi connectivity index (χ0v) is 10.4. The lowest BCUT2D eigenvalue weighted by Gasteiger charge is -2.02. The number of carbonyl (C=O) groups excluding carboxylic acids is 2. The quantitative estimate of drug-likeness (QED) is 0.548. The van der Waals surface area contributed by atoms with Crippen LogP contribution < -0.4 is 16.0 Å². The van der Waals surface area contributed by atoms with Gasteiger partial charge in [-0.15, -0.1) is 0 Å². The number of benzene rings is 1. The number of hydrogen-bond acceptors (Lipinski definition) is 3. The fourth-order valence-corrected chi connectivity index (χ4v) is 1.72. The minimum Gasteiger partial charge on any atom is -0.328 e. The summed E-state index contributed by atoms with van der Waals surface area (Å²) in [5, 5.41) is 8.21. The normalized spacial score (nSPS) is 16.4. The van der Waals surface area contributed by atoms with E-state index in [2.05, 4.69) is 16.0 Å². The third-order valence-electron chi connectivity index (χ3n) is 2.26. The van der Waals surface area contributed by atoms with Gasteiger partial charge in [-0.2, -0.15) is 0 Å². The molecule has 6 heteroatoms. The van der Waals surface area contributed by atoms with Crippen molar-refractivity contribution < 1.29 is 9.59 Å². The summed E-state index contributed by atoms with van der Waals surface area (Å²) < 4.78 is 0. The number of anilines is 1. The molecule has 3 N–H and O–H groups in total. The van der Waals surface area contributed by atoms with E-state index in [0.29, 0.717) is 16.5 Å². The van der Waals surface area contributed by atoms with E-state index in [-0.39, 0.29) is 11.8 Å². The third-order valence-corrected chi connectivity index (χ3v) is 2.47. The summed E-state index contributed by atoms with van der Waals surface area (Å²) in [5.41, 5.74) is 1.96. The number of amides is 2. The molecule has 0 bridgehead atoms. The van der Waals surface area contributed by atoms with E-state index in [0.717, 1.165) is 5.56 Å². The van der Waals surface area contributed by atoms with Gasteiger partial charge in [0.2, 0.25) is 5.91 Å². The molecule has 1 aliphatic rings. The molecule has 2 amide bonds.